The molecule has 2 aromatic rings. The number of anilines is 1. The lowest BCUT2D eigenvalue weighted by atomic mass is 9.81. The van der Waals surface area contributed by atoms with Crippen molar-refractivity contribution in [1.82, 2.24) is 0 Å². The molecule has 2 aliphatic heterocycles. The van der Waals surface area contributed by atoms with Crippen LogP contribution in [0.1, 0.15) is 50.0 Å². The van der Waals surface area contributed by atoms with Crippen LogP contribution in [0.3, 0.4) is 0 Å². The van der Waals surface area contributed by atoms with Gasteiger partial charge in [-0.1, -0.05) is 48.5 Å². The normalized spacial score (nSPS) is 30.9. The summed E-state index contributed by atoms with van der Waals surface area (Å²) in [5, 5.41) is 0. The summed E-state index contributed by atoms with van der Waals surface area (Å²) in [6, 6.07) is 24.1. The number of nitrogens with one attached hydrogen (secondary N) is 2. The standard InChI is InChI=1S/C27H37N3/c1-3-7-23(8-4-1)24-11-13-26(14-12-24)28-17-15-27(16-18-28)30-21-19-29(20-22-30)25-9-5-2-6-10-25/h1-10,24,26-27H,11-22H2/p+2. The first kappa shape index (κ1) is 20.1. The maximum absolute atomic E-state index is 2.58. The highest BCUT2D eigenvalue weighted by molar-refractivity contribution is 5.46. The first-order valence-corrected chi connectivity index (χ1v) is 12.4. The summed E-state index contributed by atoms with van der Waals surface area (Å²) >= 11 is 0. The summed E-state index contributed by atoms with van der Waals surface area (Å²) in [7, 11) is 0. The van der Waals surface area contributed by atoms with E-state index in [4.69, 9.17) is 0 Å². The third-order valence-corrected chi connectivity index (χ3v) is 8.31. The molecule has 0 spiro atoms. The van der Waals surface area contributed by atoms with Crippen LogP contribution in [-0.4, -0.2) is 51.4 Å². The fourth-order valence-corrected chi connectivity index (χ4v) is 6.46. The first-order valence-electron chi connectivity index (χ1n) is 12.4. The van der Waals surface area contributed by atoms with Gasteiger partial charge in [0.2, 0.25) is 0 Å². The van der Waals surface area contributed by atoms with Gasteiger partial charge in [-0.3, -0.25) is 0 Å². The molecule has 2 heterocycles. The Morgan fingerprint density at radius 1 is 0.567 bits per heavy atom. The molecule has 0 unspecified atom stereocenters. The van der Waals surface area contributed by atoms with Crippen molar-refractivity contribution in [3.05, 3.63) is 66.2 Å². The second kappa shape index (κ2) is 9.53. The van der Waals surface area contributed by atoms with E-state index < -0.39 is 0 Å². The van der Waals surface area contributed by atoms with Gasteiger partial charge in [0, 0.05) is 18.5 Å². The van der Waals surface area contributed by atoms with Crippen LogP contribution < -0.4 is 14.7 Å². The molecule has 0 amide bonds. The molecular formula is C27H39N3+2. The lowest BCUT2D eigenvalue weighted by molar-refractivity contribution is -0.969. The second-order valence-corrected chi connectivity index (χ2v) is 9.87. The number of likely N-dealkylation sites (tertiary alicyclic amines) is 1. The number of quaternary nitrogens is 2. The van der Waals surface area contributed by atoms with Crippen LogP contribution in [0, 0.1) is 0 Å². The van der Waals surface area contributed by atoms with Gasteiger partial charge >= 0.3 is 0 Å². The molecular weight excluding hydrogens is 366 g/mol. The van der Waals surface area contributed by atoms with Gasteiger partial charge in [0.05, 0.1) is 51.4 Å². The van der Waals surface area contributed by atoms with E-state index in [0.29, 0.717) is 0 Å². The van der Waals surface area contributed by atoms with E-state index in [-0.39, 0.29) is 0 Å². The third kappa shape index (κ3) is 4.58. The van der Waals surface area contributed by atoms with Crippen LogP contribution in [0.15, 0.2) is 60.7 Å². The Morgan fingerprint density at radius 2 is 1.10 bits per heavy atom. The predicted molar refractivity (Wildman–Crippen MR) is 125 cm³/mol. The summed E-state index contributed by atoms with van der Waals surface area (Å²) in [6.07, 6.45) is 8.54. The monoisotopic (exact) mass is 405 g/mol. The summed E-state index contributed by atoms with van der Waals surface area (Å²) in [5.74, 6) is 0.810. The molecule has 3 fully saturated rings. The van der Waals surface area contributed by atoms with Crippen molar-refractivity contribution < 1.29 is 9.80 Å². The van der Waals surface area contributed by atoms with Crippen molar-refractivity contribution in [2.24, 2.45) is 0 Å². The molecule has 2 aromatic carbocycles. The van der Waals surface area contributed by atoms with Crippen LogP contribution in [-0.2, 0) is 0 Å². The molecule has 1 aliphatic carbocycles. The van der Waals surface area contributed by atoms with Gasteiger partial charge in [-0.15, -0.1) is 0 Å². The fourth-order valence-electron chi connectivity index (χ4n) is 6.46. The smallest absolute Gasteiger partial charge is 0.0984 e. The quantitative estimate of drug-likeness (QED) is 0.795. The minimum atomic E-state index is 0.810. The lowest BCUT2D eigenvalue weighted by Crippen LogP contribution is -3.23. The Labute approximate surface area is 182 Å². The van der Waals surface area contributed by atoms with Crippen molar-refractivity contribution >= 4 is 5.69 Å². The fraction of sp³-hybridized carbons (Fsp3) is 0.556. The molecule has 0 aromatic heterocycles. The van der Waals surface area contributed by atoms with E-state index in [0.717, 1.165) is 18.0 Å². The number of hydrogen-bond acceptors (Lipinski definition) is 1. The number of para-hydroxylation sites is 1. The van der Waals surface area contributed by atoms with Gasteiger partial charge in [0.15, 0.2) is 0 Å². The summed E-state index contributed by atoms with van der Waals surface area (Å²) in [6.45, 7) is 7.90. The highest BCUT2D eigenvalue weighted by Gasteiger charge is 2.36. The Balaban J connectivity index is 1.06. The number of hydrogen-bond donors (Lipinski definition) is 2. The van der Waals surface area contributed by atoms with Crippen molar-refractivity contribution in [1.29, 1.82) is 0 Å². The average Bonchev–Trinajstić information content (AvgIpc) is 2.85. The summed E-state index contributed by atoms with van der Waals surface area (Å²) < 4.78 is 0. The largest absolute Gasteiger partial charge is 0.360 e. The molecule has 3 aliphatic rings. The second-order valence-electron chi connectivity index (χ2n) is 9.87. The van der Waals surface area contributed by atoms with E-state index in [2.05, 4.69) is 65.6 Å². The predicted octanol–water partition coefficient (Wildman–Crippen LogP) is 2.17. The number of rotatable bonds is 4. The van der Waals surface area contributed by atoms with Crippen molar-refractivity contribution in [3.63, 3.8) is 0 Å². The molecule has 2 N–H and O–H groups in total. The molecule has 3 nitrogen and oxygen atoms in total. The van der Waals surface area contributed by atoms with E-state index in [1.807, 2.05) is 9.80 Å². The number of benzene rings is 2. The van der Waals surface area contributed by atoms with Crippen molar-refractivity contribution in [2.75, 3.05) is 44.2 Å². The topological polar surface area (TPSA) is 12.1 Å². The van der Waals surface area contributed by atoms with E-state index in [1.54, 1.807) is 5.56 Å². The molecule has 0 atom stereocenters. The zero-order chi connectivity index (χ0) is 20.2. The van der Waals surface area contributed by atoms with Gasteiger partial charge in [-0.25, -0.2) is 0 Å². The zero-order valence-corrected chi connectivity index (χ0v) is 18.4. The number of nitrogens with zero attached hydrogens (tertiary/aromatic N) is 1. The third-order valence-electron chi connectivity index (χ3n) is 8.31. The van der Waals surface area contributed by atoms with Gasteiger partial charge in [0.25, 0.3) is 0 Å². The van der Waals surface area contributed by atoms with Gasteiger partial charge in [-0.05, 0) is 49.3 Å². The molecule has 5 rings (SSSR count). The molecule has 0 bridgehead atoms. The molecule has 2 saturated heterocycles. The highest BCUT2D eigenvalue weighted by atomic mass is 15.3. The SMILES string of the molecule is c1ccc(C2CCC([NH+]3CCC([NH+]4CCN(c5ccccc5)CC4)CC3)CC2)cc1. The Morgan fingerprint density at radius 3 is 1.73 bits per heavy atom. The van der Waals surface area contributed by atoms with Crippen molar-refractivity contribution in [2.45, 2.75) is 56.5 Å². The lowest BCUT2D eigenvalue weighted by Gasteiger charge is -2.42. The maximum Gasteiger partial charge on any atom is 0.0984 e. The highest BCUT2D eigenvalue weighted by Crippen LogP contribution is 2.32. The summed E-state index contributed by atoms with van der Waals surface area (Å²) in [5.41, 5.74) is 2.98. The van der Waals surface area contributed by atoms with Crippen molar-refractivity contribution in [3.8, 4) is 0 Å². The van der Waals surface area contributed by atoms with E-state index in [9.17, 15) is 0 Å². The van der Waals surface area contributed by atoms with E-state index >= 15 is 0 Å². The van der Waals surface area contributed by atoms with Crippen LogP contribution in [0.25, 0.3) is 0 Å². The first-order chi connectivity index (χ1) is 14.9. The van der Waals surface area contributed by atoms with Crippen LogP contribution in [0.5, 0.6) is 0 Å². The van der Waals surface area contributed by atoms with Crippen LogP contribution >= 0.6 is 0 Å². The minimum Gasteiger partial charge on any atom is -0.360 e. The maximum atomic E-state index is 2.58. The van der Waals surface area contributed by atoms with Crippen LogP contribution in [0.4, 0.5) is 5.69 Å². The van der Waals surface area contributed by atoms with Gasteiger partial charge in [-0.2, -0.15) is 0 Å². The zero-order valence-electron chi connectivity index (χ0n) is 18.4. The average molecular weight is 406 g/mol. The van der Waals surface area contributed by atoms with Gasteiger partial charge < -0.3 is 14.7 Å². The molecule has 3 heteroatoms. The molecule has 1 saturated carbocycles. The number of piperidine rings is 1. The Kier molecular flexibility index (Phi) is 6.38. The molecule has 30 heavy (non-hydrogen) atoms. The summed E-state index contributed by atoms with van der Waals surface area (Å²) in [4.78, 5) is 6.39. The Hall–Kier alpha value is -1.84. The minimum absolute atomic E-state index is 0.810. The molecule has 0 radical (unpaired) electrons. The molecule has 160 valence electrons. The Bertz CT molecular complexity index is 686. The number of piperazine rings is 1. The van der Waals surface area contributed by atoms with Gasteiger partial charge in [0.1, 0.15) is 0 Å². The van der Waals surface area contributed by atoms with E-state index in [1.165, 1.54) is 83.5 Å². The van der Waals surface area contributed by atoms with Crippen LogP contribution in [0.2, 0.25) is 0 Å².